The quantitative estimate of drug-likeness (QED) is 0.900. The van der Waals surface area contributed by atoms with E-state index < -0.39 is 5.60 Å². The van der Waals surface area contributed by atoms with Gasteiger partial charge in [-0.3, -0.25) is 0 Å². The summed E-state index contributed by atoms with van der Waals surface area (Å²) in [7, 11) is 0. The molecule has 2 rings (SSSR count). The minimum atomic E-state index is -0.479. The van der Waals surface area contributed by atoms with Gasteiger partial charge in [-0.1, -0.05) is 12.1 Å². The first kappa shape index (κ1) is 16.6. The molecule has 1 amide bonds. The van der Waals surface area contributed by atoms with E-state index in [-0.39, 0.29) is 17.8 Å². The molecule has 2 unspecified atom stereocenters. The first-order valence-corrected chi connectivity index (χ1v) is 7.77. The second-order valence-corrected chi connectivity index (χ2v) is 6.91. The normalized spacial score (nSPS) is 20.0. The van der Waals surface area contributed by atoms with Crippen LogP contribution in [-0.4, -0.2) is 41.3 Å². The second-order valence-electron chi connectivity index (χ2n) is 6.91. The zero-order chi connectivity index (χ0) is 16.3. The minimum Gasteiger partial charge on any atom is -0.508 e. The molecule has 3 N–H and O–H groups in total. The number of likely N-dealkylation sites (tertiary alicyclic amines) is 1. The first-order valence-electron chi connectivity index (χ1n) is 7.77. The van der Waals surface area contributed by atoms with Crippen LogP contribution in [0.25, 0.3) is 0 Å². The van der Waals surface area contributed by atoms with E-state index in [1.165, 1.54) is 0 Å². The SMILES string of the molecule is CC(C)(C)OC(=O)N1CCC(C(CN)c2cccc(O)c2)C1. The lowest BCUT2D eigenvalue weighted by atomic mass is 9.85. The van der Waals surface area contributed by atoms with Crippen LogP contribution in [0.15, 0.2) is 24.3 Å². The Morgan fingerprint density at radius 1 is 1.50 bits per heavy atom. The molecule has 0 spiro atoms. The van der Waals surface area contributed by atoms with E-state index in [1.54, 1.807) is 17.0 Å². The lowest BCUT2D eigenvalue weighted by Gasteiger charge is -2.26. The van der Waals surface area contributed by atoms with E-state index >= 15 is 0 Å². The molecule has 22 heavy (non-hydrogen) atoms. The van der Waals surface area contributed by atoms with Gasteiger partial charge in [-0.2, -0.15) is 0 Å². The number of nitrogens with zero attached hydrogens (tertiary/aromatic N) is 1. The second kappa shape index (κ2) is 6.57. The number of rotatable bonds is 3. The van der Waals surface area contributed by atoms with Gasteiger partial charge < -0.3 is 20.5 Å². The van der Waals surface area contributed by atoms with Gasteiger partial charge in [0, 0.05) is 19.0 Å². The van der Waals surface area contributed by atoms with Crippen molar-refractivity contribution in [2.45, 2.75) is 38.7 Å². The van der Waals surface area contributed by atoms with Gasteiger partial charge in [-0.25, -0.2) is 4.79 Å². The number of amides is 1. The van der Waals surface area contributed by atoms with E-state index in [4.69, 9.17) is 10.5 Å². The van der Waals surface area contributed by atoms with E-state index in [0.29, 0.717) is 25.6 Å². The fraction of sp³-hybridized carbons (Fsp3) is 0.588. The van der Waals surface area contributed by atoms with Crippen molar-refractivity contribution in [3.05, 3.63) is 29.8 Å². The number of aromatic hydroxyl groups is 1. The van der Waals surface area contributed by atoms with Gasteiger partial charge in [0.2, 0.25) is 0 Å². The average Bonchev–Trinajstić information content (AvgIpc) is 2.87. The van der Waals surface area contributed by atoms with Crippen LogP contribution >= 0.6 is 0 Å². The molecule has 1 fully saturated rings. The van der Waals surface area contributed by atoms with E-state index in [9.17, 15) is 9.90 Å². The third-order valence-corrected chi connectivity index (χ3v) is 4.00. The van der Waals surface area contributed by atoms with Crippen molar-refractivity contribution in [1.29, 1.82) is 0 Å². The summed E-state index contributed by atoms with van der Waals surface area (Å²) in [4.78, 5) is 13.9. The maximum absolute atomic E-state index is 12.1. The standard InChI is InChI=1S/C17H26N2O3/c1-17(2,3)22-16(21)19-8-7-13(11-19)15(10-18)12-5-4-6-14(20)9-12/h4-6,9,13,15,20H,7-8,10-11,18H2,1-3H3. The Morgan fingerprint density at radius 2 is 2.23 bits per heavy atom. The van der Waals surface area contributed by atoms with Crippen LogP contribution in [0.4, 0.5) is 4.79 Å². The molecule has 1 aliphatic rings. The monoisotopic (exact) mass is 306 g/mol. The van der Waals surface area contributed by atoms with Crippen molar-refractivity contribution in [3.63, 3.8) is 0 Å². The summed E-state index contributed by atoms with van der Waals surface area (Å²) in [5.41, 5.74) is 6.49. The largest absolute Gasteiger partial charge is 0.508 e. The van der Waals surface area contributed by atoms with Crippen LogP contribution in [-0.2, 0) is 4.74 Å². The van der Waals surface area contributed by atoms with Crippen LogP contribution in [0.1, 0.15) is 38.7 Å². The predicted molar refractivity (Wildman–Crippen MR) is 85.8 cm³/mol. The summed E-state index contributed by atoms with van der Waals surface area (Å²) < 4.78 is 5.42. The Balaban J connectivity index is 2.03. The Hall–Kier alpha value is -1.75. The number of phenolic OH excluding ortho intramolecular Hbond substituents is 1. The van der Waals surface area contributed by atoms with Crippen LogP contribution in [0.2, 0.25) is 0 Å². The fourth-order valence-corrected chi connectivity index (χ4v) is 2.96. The number of hydrogen-bond acceptors (Lipinski definition) is 4. The lowest BCUT2D eigenvalue weighted by Crippen LogP contribution is -2.36. The molecule has 1 aromatic carbocycles. The zero-order valence-corrected chi connectivity index (χ0v) is 13.6. The number of carbonyl (C=O) groups is 1. The molecule has 0 bridgehead atoms. The molecule has 0 aliphatic carbocycles. The molecular weight excluding hydrogens is 280 g/mol. The van der Waals surface area contributed by atoms with E-state index in [0.717, 1.165) is 12.0 Å². The van der Waals surface area contributed by atoms with Crippen molar-refractivity contribution in [1.82, 2.24) is 4.90 Å². The van der Waals surface area contributed by atoms with Crippen molar-refractivity contribution in [2.75, 3.05) is 19.6 Å². The number of nitrogens with two attached hydrogens (primary N) is 1. The van der Waals surface area contributed by atoms with E-state index in [1.807, 2.05) is 32.9 Å². The summed E-state index contributed by atoms with van der Waals surface area (Å²) in [5.74, 6) is 0.678. The molecular formula is C17H26N2O3. The number of hydrogen-bond donors (Lipinski definition) is 2. The van der Waals surface area contributed by atoms with Gasteiger partial charge in [0.25, 0.3) is 0 Å². The molecule has 1 heterocycles. The minimum absolute atomic E-state index is 0.138. The predicted octanol–water partition coefficient (Wildman–Crippen LogP) is 2.69. The van der Waals surface area contributed by atoms with Crippen LogP contribution in [0.5, 0.6) is 5.75 Å². The molecule has 0 aromatic heterocycles. The topological polar surface area (TPSA) is 75.8 Å². The molecule has 1 saturated heterocycles. The maximum atomic E-state index is 12.1. The summed E-state index contributed by atoms with van der Waals surface area (Å²) in [6.45, 7) is 7.44. The molecule has 5 nitrogen and oxygen atoms in total. The Kier molecular flexibility index (Phi) is 4.96. The van der Waals surface area contributed by atoms with Crippen LogP contribution in [0, 0.1) is 5.92 Å². The smallest absolute Gasteiger partial charge is 0.410 e. The zero-order valence-electron chi connectivity index (χ0n) is 13.6. The van der Waals surface area contributed by atoms with Gasteiger partial charge in [0.1, 0.15) is 11.4 Å². The van der Waals surface area contributed by atoms with Crippen molar-refractivity contribution < 1.29 is 14.6 Å². The Morgan fingerprint density at radius 3 is 2.82 bits per heavy atom. The van der Waals surface area contributed by atoms with E-state index in [2.05, 4.69) is 0 Å². The summed E-state index contributed by atoms with van der Waals surface area (Å²) in [5, 5.41) is 9.64. The first-order chi connectivity index (χ1) is 10.3. The molecule has 2 atom stereocenters. The summed E-state index contributed by atoms with van der Waals surface area (Å²) in [6, 6.07) is 7.22. The molecule has 122 valence electrons. The van der Waals surface area contributed by atoms with Crippen molar-refractivity contribution in [3.8, 4) is 5.75 Å². The molecule has 1 aromatic rings. The van der Waals surface area contributed by atoms with Crippen LogP contribution in [0.3, 0.4) is 0 Å². The third-order valence-electron chi connectivity index (χ3n) is 4.00. The molecule has 1 aliphatic heterocycles. The fourth-order valence-electron chi connectivity index (χ4n) is 2.96. The van der Waals surface area contributed by atoms with Crippen molar-refractivity contribution >= 4 is 6.09 Å². The highest BCUT2D eigenvalue weighted by molar-refractivity contribution is 5.68. The number of benzene rings is 1. The highest BCUT2D eigenvalue weighted by atomic mass is 16.6. The van der Waals surface area contributed by atoms with Crippen molar-refractivity contribution in [2.24, 2.45) is 11.7 Å². The van der Waals surface area contributed by atoms with Gasteiger partial charge in [0.15, 0.2) is 0 Å². The Labute approximate surface area is 132 Å². The van der Waals surface area contributed by atoms with Gasteiger partial charge in [0.05, 0.1) is 0 Å². The molecule has 0 radical (unpaired) electrons. The average molecular weight is 306 g/mol. The number of ether oxygens (including phenoxy) is 1. The van der Waals surface area contributed by atoms with Gasteiger partial charge >= 0.3 is 6.09 Å². The lowest BCUT2D eigenvalue weighted by molar-refractivity contribution is 0.0286. The Bertz CT molecular complexity index is 525. The van der Waals surface area contributed by atoms with Crippen LogP contribution < -0.4 is 5.73 Å². The number of phenols is 1. The highest BCUT2D eigenvalue weighted by Gasteiger charge is 2.34. The summed E-state index contributed by atoms with van der Waals surface area (Å²) >= 11 is 0. The van der Waals surface area contributed by atoms with Gasteiger partial charge in [-0.05, 0) is 57.4 Å². The third kappa shape index (κ3) is 4.13. The van der Waals surface area contributed by atoms with Gasteiger partial charge in [-0.15, -0.1) is 0 Å². The highest BCUT2D eigenvalue weighted by Crippen LogP contribution is 2.33. The number of carbonyl (C=O) groups excluding carboxylic acids is 1. The molecule has 0 saturated carbocycles. The summed E-state index contributed by atoms with van der Waals surface area (Å²) in [6.07, 6.45) is 0.637. The maximum Gasteiger partial charge on any atom is 0.410 e. The molecule has 5 heteroatoms.